The topological polar surface area (TPSA) is 49.8 Å². The predicted octanol–water partition coefficient (Wildman–Crippen LogP) is 4.05. The number of hydrogen-bond acceptors (Lipinski definition) is 4. The minimum absolute atomic E-state index is 0.709. The Hall–Kier alpha value is -1.14. The molecule has 0 aliphatic carbocycles. The summed E-state index contributed by atoms with van der Waals surface area (Å²) in [4.78, 5) is 8.42. The molecule has 0 amide bonds. The molecule has 1 heterocycles. The average molecular weight is 386 g/mol. The van der Waals surface area contributed by atoms with Crippen molar-refractivity contribution in [3.8, 4) is 0 Å². The largest absolute Gasteiger partial charge is 0.369 e. The number of benzene rings is 1. The lowest BCUT2D eigenvalue weighted by molar-refractivity contribution is 1.05. The zero-order chi connectivity index (χ0) is 13.7. The first-order valence-electron chi connectivity index (χ1n) is 5.93. The molecule has 2 aromatic rings. The van der Waals surface area contributed by atoms with E-state index in [1.807, 2.05) is 19.1 Å². The van der Waals surface area contributed by atoms with Crippen molar-refractivity contribution in [2.45, 2.75) is 13.5 Å². The van der Waals surface area contributed by atoms with E-state index in [4.69, 9.17) is 0 Å². The molecule has 6 heteroatoms. The number of rotatable bonds is 5. The summed E-state index contributed by atoms with van der Waals surface area (Å²) in [7, 11) is 0. The molecular formula is C13H14Br2N4. The fourth-order valence-corrected chi connectivity index (χ4v) is 2.55. The van der Waals surface area contributed by atoms with Crippen molar-refractivity contribution in [1.82, 2.24) is 9.97 Å². The Kier molecular flexibility index (Phi) is 5.15. The Labute approximate surface area is 129 Å². The molecule has 0 bridgehead atoms. The van der Waals surface area contributed by atoms with E-state index in [0.717, 1.165) is 27.1 Å². The van der Waals surface area contributed by atoms with Gasteiger partial charge in [0.25, 0.3) is 0 Å². The molecule has 0 saturated heterocycles. The Morgan fingerprint density at radius 1 is 1.11 bits per heavy atom. The van der Waals surface area contributed by atoms with E-state index in [2.05, 4.69) is 64.6 Å². The first-order valence-corrected chi connectivity index (χ1v) is 7.52. The van der Waals surface area contributed by atoms with E-state index < -0.39 is 0 Å². The van der Waals surface area contributed by atoms with E-state index >= 15 is 0 Å². The van der Waals surface area contributed by atoms with Crippen molar-refractivity contribution in [1.29, 1.82) is 0 Å². The Morgan fingerprint density at radius 2 is 1.84 bits per heavy atom. The minimum Gasteiger partial charge on any atom is -0.369 e. The number of nitrogens with zero attached hydrogens (tertiary/aromatic N) is 2. The summed E-state index contributed by atoms with van der Waals surface area (Å²) in [5, 5.41) is 6.47. The highest BCUT2D eigenvalue weighted by Gasteiger charge is 2.07. The third-order valence-electron chi connectivity index (χ3n) is 2.48. The molecule has 100 valence electrons. The predicted molar refractivity (Wildman–Crippen MR) is 85.4 cm³/mol. The molecule has 0 unspecified atom stereocenters. The van der Waals surface area contributed by atoms with Crippen LogP contribution in [-0.4, -0.2) is 16.5 Å². The zero-order valence-corrected chi connectivity index (χ0v) is 13.6. The maximum atomic E-state index is 4.24. The van der Waals surface area contributed by atoms with Gasteiger partial charge in [0.1, 0.15) is 22.4 Å². The van der Waals surface area contributed by atoms with Gasteiger partial charge >= 0.3 is 0 Å². The summed E-state index contributed by atoms with van der Waals surface area (Å²) < 4.78 is 1.92. The highest BCUT2D eigenvalue weighted by Crippen LogP contribution is 2.26. The van der Waals surface area contributed by atoms with E-state index in [1.54, 1.807) is 6.33 Å². The van der Waals surface area contributed by atoms with Crippen LogP contribution in [0.15, 0.2) is 39.5 Å². The first-order chi connectivity index (χ1) is 9.20. The van der Waals surface area contributed by atoms with E-state index in [0.29, 0.717) is 6.54 Å². The Balaban J connectivity index is 2.09. The minimum atomic E-state index is 0.709. The molecule has 0 spiro atoms. The zero-order valence-electron chi connectivity index (χ0n) is 10.5. The van der Waals surface area contributed by atoms with Crippen LogP contribution < -0.4 is 10.6 Å². The second kappa shape index (κ2) is 6.86. The lowest BCUT2D eigenvalue weighted by Crippen LogP contribution is -2.06. The molecule has 0 fully saturated rings. The van der Waals surface area contributed by atoms with Crippen LogP contribution in [0.3, 0.4) is 0 Å². The molecular weight excluding hydrogens is 372 g/mol. The van der Waals surface area contributed by atoms with Gasteiger partial charge in [-0.15, -0.1) is 0 Å². The van der Waals surface area contributed by atoms with Crippen LogP contribution in [0.1, 0.15) is 12.5 Å². The maximum absolute atomic E-state index is 4.24. The molecule has 2 N–H and O–H groups in total. The number of aromatic nitrogens is 2. The van der Waals surface area contributed by atoms with Crippen molar-refractivity contribution >= 4 is 43.5 Å². The van der Waals surface area contributed by atoms with Crippen LogP contribution in [0.4, 0.5) is 11.6 Å². The van der Waals surface area contributed by atoms with Gasteiger partial charge in [0.2, 0.25) is 0 Å². The number of halogens is 2. The third kappa shape index (κ3) is 3.91. The lowest BCUT2D eigenvalue weighted by atomic mass is 10.2. The normalized spacial score (nSPS) is 10.3. The van der Waals surface area contributed by atoms with E-state index in [9.17, 15) is 0 Å². The van der Waals surface area contributed by atoms with Gasteiger partial charge in [0.05, 0.1) is 0 Å². The number of hydrogen-bond donors (Lipinski definition) is 2. The highest BCUT2D eigenvalue weighted by molar-refractivity contribution is 9.11. The monoisotopic (exact) mass is 384 g/mol. The van der Waals surface area contributed by atoms with Crippen molar-refractivity contribution in [2.24, 2.45) is 0 Å². The van der Waals surface area contributed by atoms with Crippen molar-refractivity contribution in [2.75, 3.05) is 17.2 Å². The third-order valence-corrected chi connectivity index (χ3v) is 3.73. The van der Waals surface area contributed by atoms with Gasteiger partial charge in [-0.3, -0.25) is 0 Å². The maximum Gasteiger partial charge on any atom is 0.146 e. The second-order valence-electron chi connectivity index (χ2n) is 3.90. The molecule has 4 nitrogen and oxygen atoms in total. The summed E-state index contributed by atoms with van der Waals surface area (Å²) in [5.74, 6) is 1.58. The van der Waals surface area contributed by atoms with Crippen LogP contribution >= 0.6 is 31.9 Å². The first kappa shape index (κ1) is 14.3. The van der Waals surface area contributed by atoms with Crippen LogP contribution in [0.5, 0.6) is 0 Å². The molecule has 0 atom stereocenters. The molecule has 0 radical (unpaired) electrons. The molecule has 1 aromatic heterocycles. The lowest BCUT2D eigenvalue weighted by Gasteiger charge is -2.11. The van der Waals surface area contributed by atoms with Crippen molar-refractivity contribution in [3.63, 3.8) is 0 Å². The summed E-state index contributed by atoms with van der Waals surface area (Å²) in [6, 6.07) is 8.17. The summed E-state index contributed by atoms with van der Waals surface area (Å²) in [6.07, 6.45) is 1.55. The van der Waals surface area contributed by atoms with Crippen LogP contribution in [0.2, 0.25) is 0 Å². The molecule has 0 saturated carbocycles. The molecule has 1 aromatic carbocycles. The fourth-order valence-electron chi connectivity index (χ4n) is 1.62. The van der Waals surface area contributed by atoms with Crippen LogP contribution in [-0.2, 0) is 6.54 Å². The number of anilines is 2. The Bertz CT molecular complexity index is 560. The molecule has 2 rings (SSSR count). The van der Waals surface area contributed by atoms with Crippen LogP contribution in [0.25, 0.3) is 0 Å². The van der Waals surface area contributed by atoms with Gasteiger partial charge in [-0.25, -0.2) is 9.97 Å². The van der Waals surface area contributed by atoms with Gasteiger partial charge in [0, 0.05) is 17.6 Å². The van der Waals surface area contributed by atoms with Gasteiger partial charge in [-0.05, 0) is 40.5 Å². The summed E-state index contributed by atoms with van der Waals surface area (Å²) in [5.41, 5.74) is 1.19. The highest BCUT2D eigenvalue weighted by atomic mass is 79.9. The molecule has 0 aliphatic heterocycles. The van der Waals surface area contributed by atoms with Crippen LogP contribution in [0, 0.1) is 0 Å². The summed E-state index contributed by atoms with van der Waals surface area (Å²) >= 11 is 6.97. The Morgan fingerprint density at radius 3 is 2.53 bits per heavy atom. The quantitative estimate of drug-likeness (QED) is 0.815. The standard InChI is InChI=1S/C13H14Br2N4/c1-2-16-12-11(15)13(19-8-18-12)17-7-9-4-3-5-10(14)6-9/h3-6,8H,2,7H2,1H3,(H2,16,17,18,19). The average Bonchev–Trinajstić information content (AvgIpc) is 2.40. The van der Waals surface area contributed by atoms with Crippen molar-refractivity contribution in [3.05, 3.63) is 45.1 Å². The number of nitrogens with one attached hydrogen (secondary N) is 2. The smallest absolute Gasteiger partial charge is 0.146 e. The van der Waals surface area contributed by atoms with Gasteiger partial charge in [0.15, 0.2) is 0 Å². The van der Waals surface area contributed by atoms with Crippen molar-refractivity contribution < 1.29 is 0 Å². The van der Waals surface area contributed by atoms with Gasteiger partial charge in [-0.1, -0.05) is 28.1 Å². The SMILES string of the molecule is CCNc1ncnc(NCc2cccc(Br)c2)c1Br. The van der Waals surface area contributed by atoms with E-state index in [-0.39, 0.29) is 0 Å². The second-order valence-corrected chi connectivity index (χ2v) is 5.61. The van der Waals surface area contributed by atoms with Gasteiger partial charge < -0.3 is 10.6 Å². The van der Waals surface area contributed by atoms with E-state index in [1.165, 1.54) is 5.56 Å². The molecule has 0 aliphatic rings. The fraction of sp³-hybridized carbons (Fsp3) is 0.231. The molecule has 19 heavy (non-hydrogen) atoms. The van der Waals surface area contributed by atoms with Gasteiger partial charge in [-0.2, -0.15) is 0 Å². The summed E-state index contributed by atoms with van der Waals surface area (Å²) in [6.45, 7) is 3.56.